The van der Waals surface area contributed by atoms with E-state index in [4.69, 9.17) is 4.74 Å². The second-order valence-corrected chi connectivity index (χ2v) is 9.09. The molecule has 3 heterocycles. The fourth-order valence-electron chi connectivity index (χ4n) is 4.50. The zero-order valence-electron chi connectivity index (χ0n) is 19.2. The Morgan fingerprint density at radius 1 is 1.27 bits per heavy atom. The summed E-state index contributed by atoms with van der Waals surface area (Å²) in [6, 6.07) is -0.227. The number of aryl methyl sites for hydroxylation is 2. The van der Waals surface area contributed by atoms with Crippen LogP contribution in [0.15, 0.2) is 6.20 Å². The summed E-state index contributed by atoms with van der Waals surface area (Å²) >= 11 is 0. The molecule has 12 heteroatoms. The van der Waals surface area contributed by atoms with Gasteiger partial charge in [-0.15, -0.1) is 0 Å². The van der Waals surface area contributed by atoms with Crippen molar-refractivity contribution < 1.29 is 22.7 Å². The highest BCUT2D eigenvalue weighted by Crippen LogP contribution is 2.38. The minimum atomic E-state index is -4.52. The van der Waals surface area contributed by atoms with E-state index in [0.717, 1.165) is 23.7 Å². The maximum Gasteiger partial charge on any atom is 0.436 e. The minimum absolute atomic E-state index is 0.0726. The lowest BCUT2D eigenvalue weighted by Gasteiger charge is -2.38. The van der Waals surface area contributed by atoms with E-state index in [1.54, 1.807) is 0 Å². The van der Waals surface area contributed by atoms with E-state index in [-0.39, 0.29) is 42.2 Å². The molecular formula is C21H28F3N7O2. The Labute approximate surface area is 189 Å². The highest BCUT2D eigenvalue weighted by molar-refractivity contribution is 6.03. The molecule has 1 aliphatic carbocycles. The Kier molecular flexibility index (Phi) is 5.87. The van der Waals surface area contributed by atoms with Crippen molar-refractivity contribution in [3.05, 3.63) is 17.6 Å². The van der Waals surface area contributed by atoms with Crippen molar-refractivity contribution in [2.24, 2.45) is 18.9 Å². The van der Waals surface area contributed by atoms with Gasteiger partial charge in [-0.3, -0.25) is 9.48 Å². The van der Waals surface area contributed by atoms with Crippen LogP contribution >= 0.6 is 0 Å². The van der Waals surface area contributed by atoms with Gasteiger partial charge in [-0.05, 0) is 31.6 Å². The lowest BCUT2D eigenvalue weighted by Crippen LogP contribution is -2.50. The number of ether oxygens (including phenoxy) is 1. The molecule has 9 nitrogen and oxygen atoms in total. The van der Waals surface area contributed by atoms with Gasteiger partial charge < -0.3 is 20.3 Å². The number of hydrogen-bond donors (Lipinski definition) is 2. The molecule has 0 aromatic carbocycles. The number of halogens is 3. The maximum absolute atomic E-state index is 13.1. The molecule has 1 aliphatic heterocycles. The van der Waals surface area contributed by atoms with Gasteiger partial charge >= 0.3 is 6.18 Å². The van der Waals surface area contributed by atoms with Crippen LogP contribution in [-0.2, 0) is 18.0 Å². The van der Waals surface area contributed by atoms with E-state index >= 15 is 0 Å². The molecule has 4 rings (SSSR count). The second kappa shape index (κ2) is 8.38. The van der Waals surface area contributed by atoms with Crippen molar-refractivity contribution in [2.75, 3.05) is 29.2 Å². The Bertz CT molecular complexity index is 1050. The molecule has 0 bridgehead atoms. The third-order valence-corrected chi connectivity index (χ3v) is 6.19. The molecular weight excluding hydrogens is 439 g/mol. The van der Waals surface area contributed by atoms with Gasteiger partial charge in [0.2, 0.25) is 11.9 Å². The van der Waals surface area contributed by atoms with Gasteiger partial charge in [-0.25, -0.2) is 4.98 Å². The van der Waals surface area contributed by atoms with Crippen LogP contribution in [0.25, 0.3) is 0 Å². The molecule has 0 unspecified atom stereocenters. The second-order valence-electron chi connectivity index (χ2n) is 9.09. The van der Waals surface area contributed by atoms with E-state index in [0.29, 0.717) is 23.1 Å². The summed E-state index contributed by atoms with van der Waals surface area (Å²) in [5, 5.41) is 9.88. The van der Waals surface area contributed by atoms with Crippen LogP contribution in [0.5, 0.6) is 5.75 Å². The monoisotopic (exact) mass is 467 g/mol. The van der Waals surface area contributed by atoms with Crippen molar-refractivity contribution in [1.82, 2.24) is 19.7 Å². The summed E-state index contributed by atoms with van der Waals surface area (Å²) in [6.45, 7) is 5.97. The van der Waals surface area contributed by atoms with Gasteiger partial charge in [-0.2, -0.15) is 23.3 Å². The topological polar surface area (TPSA) is 97.2 Å². The average molecular weight is 467 g/mol. The van der Waals surface area contributed by atoms with Crippen LogP contribution in [0.4, 0.5) is 30.6 Å². The Hall–Kier alpha value is -3.05. The molecule has 180 valence electrons. The SMILES string of the molecule is Cc1nc(NC2CC(COc3cnn(C)c3C(F)(F)F)C2)nc2c1NC(=O)[C@H](C(C)C)N2C. The first-order chi connectivity index (χ1) is 15.5. The number of aromatic nitrogens is 4. The highest BCUT2D eigenvalue weighted by Gasteiger charge is 2.40. The number of fused-ring (bicyclic) bond motifs is 1. The summed E-state index contributed by atoms with van der Waals surface area (Å²) in [4.78, 5) is 23.4. The smallest absolute Gasteiger partial charge is 0.436 e. The molecule has 2 aromatic heterocycles. The van der Waals surface area contributed by atoms with E-state index in [9.17, 15) is 18.0 Å². The molecule has 2 N–H and O–H groups in total. The van der Waals surface area contributed by atoms with Crippen LogP contribution in [0.1, 0.15) is 38.1 Å². The van der Waals surface area contributed by atoms with Gasteiger partial charge in [0.1, 0.15) is 11.7 Å². The number of likely N-dealkylation sites (N-methyl/N-ethyl adjacent to an activating group) is 1. The predicted octanol–water partition coefficient (Wildman–Crippen LogP) is 3.22. The number of alkyl halides is 3. The van der Waals surface area contributed by atoms with Crippen molar-refractivity contribution in [3.63, 3.8) is 0 Å². The number of rotatable bonds is 6. The molecule has 0 radical (unpaired) electrons. The molecule has 2 aromatic rings. The zero-order chi connectivity index (χ0) is 24.1. The van der Waals surface area contributed by atoms with E-state index in [1.807, 2.05) is 32.7 Å². The molecule has 1 amide bonds. The standard InChI is InChI=1S/C21H28F3N7O2/c1-10(2)16-19(32)28-15-11(3)26-20(29-18(15)30(16)4)27-13-6-12(7-13)9-33-14-8-25-31(5)17(14)21(22,23)24/h8,10,12-13,16H,6-7,9H2,1-5H3,(H,28,32)(H,26,27,29)/t12?,13?,16-/m0/s1. The molecule has 1 saturated carbocycles. The van der Waals surface area contributed by atoms with Gasteiger partial charge in [-0.1, -0.05) is 13.8 Å². The molecule has 2 aliphatic rings. The third kappa shape index (κ3) is 4.42. The van der Waals surface area contributed by atoms with Gasteiger partial charge in [0, 0.05) is 20.1 Å². The van der Waals surface area contributed by atoms with Gasteiger partial charge in [0.05, 0.1) is 18.5 Å². The molecule has 33 heavy (non-hydrogen) atoms. The van der Waals surface area contributed by atoms with E-state index in [1.165, 1.54) is 7.05 Å². The van der Waals surface area contributed by atoms with Gasteiger partial charge in [0.15, 0.2) is 17.3 Å². The minimum Gasteiger partial charge on any atom is -0.489 e. The van der Waals surface area contributed by atoms with Crippen molar-refractivity contribution in [1.29, 1.82) is 0 Å². The first-order valence-electron chi connectivity index (χ1n) is 10.9. The number of carbonyl (C=O) groups excluding carboxylic acids is 1. The number of hydrogen-bond acceptors (Lipinski definition) is 7. The summed E-state index contributed by atoms with van der Waals surface area (Å²) in [7, 11) is 3.09. The lowest BCUT2D eigenvalue weighted by atomic mass is 9.81. The summed E-state index contributed by atoms with van der Waals surface area (Å²) in [5.41, 5.74) is 0.396. The fourth-order valence-corrected chi connectivity index (χ4v) is 4.50. The number of nitrogens with zero attached hydrogens (tertiary/aromatic N) is 5. The Morgan fingerprint density at radius 3 is 2.61 bits per heavy atom. The molecule has 1 atom stereocenters. The predicted molar refractivity (Wildman–Crippen MR) is 116 cm³/mol. The molecule has 0 saturated heterocycles. The first kappa shape index (κ1) is 23.1. The maximum atomic E-state index is 13.1. The van der Waals surface area contributed by atoms with E-state index < -0.39 is 11.9 Å². The number of amides is 1. The van der Waals surface area contributed by atoms with Crippen LogP contribution in [-0.4, -0.2) is 51.4 Å². The van der Waals surface area contributed by atoms with Crippen LogP contribution in [0, 0.1) is 18.8 Å². The summed E-state index contributed by atoms with van der Waals surface area (Å²) < 4.78 is 45.6. The van der Waals surface area contributed by atoms with E-state index in [2.05, 4.69) is 25.7 Å². The largest absolute Gasteiger partial charge is 0.489 e. The van der Waals surface area contributed by atoms with Crippen molar-refractivity contribution >= 4 is 23.4 Å². The quantitative estimate of drug-likeness (QED) is 0.673. The number of nitrogens with one attached hydrogen (secondary N) is 2. The molecule has 0 spiro atoms. The highest BCUT2D eigenvalue weighted by atomic mass is 19.4. The lowest BCUT2D eigenvalue weighted by molar-refractivity contribution is -0.145. The molecule has 1 fully saturated rings. The van der Waals surface area contributed by atoms with Crippen LogP contribution in [0.2, 0.25) is 0 Å². The Morgan fingerprint density at radius 2 is 1.97 bits per heavy atom. The average Bonchev–Trinajstić information content (AvgIpc) is 3.05. The summed E-state index contributed by atoms with van der Waals surface area (Å²) in [5.74, 6) is 1.04. The Balaban J connectivity index is 1.36. The number of anilines is 3. The normalized spacial score (nSPS) is 22.6. The first-order valence-corrected chi connectivity index (χ1v) is 10.9. The van der Waals surface area contributed by atoms with Crippen LogP contribution < -0.4 is 20.3 Å². The zero-order valence-corrected chi connectivity index (χ0v) is 19.2. The van der Waals surface area contributed by atoms with Crippen LogP contribution in [0.3, 0.4) is 0 Å². The third-order valence-electron chi connectivity index (χ3n) is 6.19. The summed E-state index contributed by atoms with van der Waals surface area (Å²) in [6.07, 6.45) is -1.97. The van der Waals surface area contributed by atoms with Gasteiger partial charge in [0.25, 0.3) is 0 Å². The fraction of sp³-hybridized carbons (Fsp3) is 0.619. The number of carbonyl (C=O) groups is 1. The van der Waals surface area contributed by atoms with Crippen molar-refractivity contribution in [2.45, 2.75) is 51.9 Å². The van der Waals surface area contributed by atoms with Crippen molar-refractivity contribution in [3.8, 4) is 5.75 Å².